The van der Waals surface area contributed by atoms with Gasteiger partial charge in [-0.15, -0.1) is 11.3 Å². The Bertz CT molecular complexity index is 754. The highest BCUT2D eigenvalue weighted by atomic mass is 127. The van der Waals surface area contributed by atoms with E-state index in [2.05, 4.69) is 32.9 Å². The zero-order valence-electron chi connectivity index (χ0n) is 10.9. The van der Waals surface area contributed by atoms with Gasteiger partial charge in [0.05, 0.1) is 0 Å². The lowest BCUT2D eigenvalue weighted by molar-refractivity contribution is 0.102. The topological polar surface area (TPSA) is 42.0 Å². The first-order valence-electron chi connectivity index (χ1n) is 6.29. The predicted molar refractivity (Wildman–Crippen MR) is 94.7 cm³/mol. The van der Waals surface area contributed by atoms with E-state index in [1.54, 1.807) is 17.5 Å². The highest BCUT2D eigenvalue weighted by Crippen LogP contribution is 2.24. The van der Waals surface area contributed by atoms with Crippen molar-refractivity contribution >= 4 is 45.5 Å². The lowest BCUT2D eigenvalue weighted by atomic mass is 10.2. The van der Waals surface area contributed by atoms with E-state index in [1.807, 2.05) is 53.9 Å². The first-order valence-corrected chi connectivity index (χ1v) is 8.25. The van der Waals surface area contributed by atoms with Crippen LogP contribution in [0.5, 0.6) is 0 Å². The number of hydrogen-bond acceptors (Lipinski definition) is 3. The summed E-state index contributed by atoms with van der Waals surface area (Å²) in [6, 6.07) is 15.2. The summed E-state index contributed by atoms with van der Waals surface area (Å²) in [5.41, 5.74) is 2.42. The molecule has 0 aliphatic rings. The Morgan fingerprint density at radius 3 is 2.67 bits per heavy atom. The number of carbonyl (C=O) groups excluding carboxylic acids is 1. The fourth-order valence-electron chi connectivity index (χ4n) is 1.90. The molecule has 0 aliphatic carbocycles. The molecule has 0 radical (unpaired) electrons. The second-order valence-electron chi connectivity index (χ2n) is 4.38. The lowest BCUT2D eigenvalue weighted by Gasteiger charge is -2.06. The van der Waals surface area contributed by atoms with Gasteiger partial charge in [-0.25, -0.2) is 4.98 Å². The summed E-state index contributed by atoms with van der Waals surface area (Å²) in [4.78, 5) is 16.5. The van der Waals surface area contributed by atoms with Crippen molar-refractivity contribution in [3.63, 3.8) is 0 Å². The summed E-state index contributed by atoms with van der Waals surface area (Å²) < 4.78 is 1.11. The molecule has 1 heterocycles. The van der Waals surface area contributed by atoms with E-state index in [4.69, 9.17) is 0 Å². The van der Waals surface area contributed by atoms with Crippen LogP contribution in [0, 0.1) is 3.57 Å². The van der Waals surface area contributed by atoms with Gasteiger partial charge < -0.3 is 5.32 Å². The van der Waals surface area contributed by atoms with Crippen LogP contribution < -0.4 is 5.32 Å². The van der Waals surface area contributed by atoms with Crippen LogP contribution >= 0.6 is 33.9 Å². The van der Waals surface area contributed by atoms with E-state index >= 15 is 0 Å². The van der Waals surface area contributed by atoms with Gasteiger partial charge in [0.1, 0.15) is 5.01 Å². The smallest absolute Gasteiger partial charge is 0.255 e. The molecule has 0 spiro atoms. The summed E-state index contributed by atoms with van der Waals surface area (Å²) in [5, 5.41) is 5.80. The first kappa shape index (κ1) is 14.2. The minimum absolute atomic E-state index is 0.109. The number of nitrogens with one attached hydrogen (secondary N) is 1. The van der Waals surface area contributed by atoms with Crippen LogP contribution in [-0.2, 0) is 0 Å². The normalized spacial score (nSPS) is 10.3. The molecule has 0 aliphatic heterocycles. The maximum atomic E-state index is 12.2. The first-order chi connectivity index (χ1) is 10.2. The van der Waals surface area contributed by atoms with Gasteiger partial charge in [0.2, 0.25) is 0 Å². The van der Waals surface area contributed by atoms with Gasteiger partial charge in [-0.1, -0.05) is 12.1 Å². The Hall–Kier alpha value is -1.73. The number of amides is 1. The molecule has 3 nitrogen and oxygen atoms in total. The number of carbonyl (C=O) groups is 1. The molecule has 0 atom stereocenters. The SMILES string of the molecule is O=C(Nc1cccc(-c2nccs2)c1)c1ccc(I)cc1. The van der Waals surface area contributed by atoms with Crippen molar-refractivity contribution in [2.45, 2.75) is 0 Å². The predicted octanol–water partition coefficient (Wildman–Crippen LogP) is 4.67. The molecule has 0 bridgehead atoms. The van der Waals surface area contributed by atoms with Gasteiger partial charge in [0.15, 0.2) is 0 Å². The van der Waals surface area contributed by atoms with Gasteiger partial charge in [-0.2, -0.15) is 0 Å². The van der Waals surface area contributed by atoms with E-state index in [0.29, 0.717) is 5.56 Å². The van der Waals surface area contributed by atoms with Crippen molar-refractivity contribution < 1.29 is 4.79 Å². The van der Waals surface area contributed by atoms with Gasteiger partial charge in [-0.05, 0) is 59.0 Å². The zero-order valence-corrected chi connectivity index (χ0v) is 13.9. The van der Waals surface area contributed by atoms with E-state index in [-0.39, 0.29) is 5.91 Å². The Morgan fingerprint density at radius 1 is 1.14 bits per heavy atom. The number of rotatable bonds is 3. The molecule has 104 valence electrons. The summed E-state index contributed by atoms with van der Waals surface area (Å²) in [6.45, 7) is 0. The molecule has 5 heteroatoms. The summed E-state index contributed by atoms with van der Waals surface area (Å²) in [5.74, 6) is -0.109. The number of benzene rings is 2. The van der Waals surface area contributed by atoms with Gasteiger partial charge in [0, 0.05) is 32.0 Å². The van der Waals surface area contributed by atoms with Crippen LogP contribution in [0.25, 0.3) is 10.6 Å². The van der Waals surface area contributed by atoms with Gasteiger partial charge >= 0.3 is 0 Å². The Morgan fingerprint density at radius 2 is 1.95 bits per heavy atom. The lowest BCUT2D eigenvalue weighted by Crippen LogP contribution is -2.11. The second kappa shape index (κ2) is 6.36. The zero-order chi connectivity index (χ0) is 14.7. The fraction of sp³-hybridized carbons (Fsp3) is 0. The fourth-order valence-corrected chi connectivity index (χ4v) is 2.90. The van der Waals surface area contributed by atoms with Crippen LogP contribution in [0.1, 0.15) is 10.4 Å². The maximum absolute atomic E-state index is 12.2. The molecule has 1 amide bonds. The molecule has 1 aromatic heterocycles. The second-order valence-corrected chi connectivity index (χ2v) is 6.52. The van der Waals surface area contributed by atoms with Crippen LogP contribution in [0.2, 0.25) is 0 Å². The van der Waals surface area contributed by atoms with Crippen molar-refractivity contribution in [3.05, 3.63) is 69.2 Å². The third-order valence-corrected chi connectivity index (χ3v) is 4.45. The molecule has 0 saturated carbocycles. The number of anilines is 1. The minimum Gasteiger partial charge on any atom is -0.322 e. The van der Waals surface area contributed by atoms with E-state index in [0.717, 1.165) is 19.8 Å². The van der Waals surface area contributed by atoms with Gasteiger partial charge in [0.25, 0.3) is 5.91 Å². The van der Waals surface area contributed by atoms with Crippen molar-refractivity contribution in [2.75, 3.05) is 5.32 Å². The van der Waals surface area contributed by atoms with Crippen LogP contribution in [0.3, 0.4) is 0 Å². The summed E-state index contributed by atoms with van der Waals surface area (Å²) >= 11 is 3.79. The molecule has 3 aromatic rings. The third kappa shape index (κ3) is 3.48. The van der Waals surface area contributed by atoms with Gasteiger partial charge in [-0.3, -0.25) is 4.79 Å². The number of hydrogen-bond donors (Lipinski definition) is 1. The number of nitrogens with zero attached hydrogens (tertiary/aromatic N) is 1. The third-order valence-electron chi connectivity index (χ3n) is 2.91. The quantitative estimate of drug-likeness (QED) is 0.643. The largest absolute Gasteiger partial charge is 0.322 e. The highest BCUT2D eigenvalue weighted by Gasteiger charge is 2.07. The van der Waals surface area contributed by atoms with Crippen LogP contribution in [-0.4, -0.2) is 10.9 Å². The Labute approximate surface area is 140 Å². The van der Waals surface area contributed by atoms with E-state index in [1.165, 1.54) is 0 Å². The maximum Gasteiger partial charge on any atom is 0.255 e. The van der Waals surface area contributed by atoms with Crippen molar-refractivity contribution in [1.82, 2.24) is 4.98 Å². The average molecular weight is 406 g/mol. The van der Waals surface area contributed by atoms with Crippen molar-refractivity contribution in [1.29, 1.82) is 0 Å². The molecular weight excluding hydrogens is 395 g/mol. The Kier molecular flexibility index (Phi) is 4.31. The van der Waals surface area contributed by atoms with Crippen LogP contribution in [0.4, 0.5) is 5.69 Å². The minimum atomic E-state index is -0.109. The molecule has 0 fully saturated rings. The Balaban J connectivity index is 1.80. The molecule has 1 N–H and O–H groups in total. The number of halogens is 1. The standard InChI is InChI=1S/C16H11IN2OS/c17-13-6-4-11(5-7-13)15(20)19-14-3-1-2-12(10-14)16-18-8-9-21-16/h1-10H,(H,19,20). The molecular formula is C16H11IN2OS. The molecule has 0 unspecified atom stereocenters. The van der Waals surface area contributed by atoms with Crippen molar-refractivity contribution in [2.24, 2.45) is 0 Å². The molecule has 0 saturated heterocycles. The number of aromatic nitrogens is 1. The molecule has 2 aromatic carbocycles. The van der Waals surface area contributed by atoms with E-state index in [9.17, 15) is 4.79 Å². The summed E-state index contributed by atoms with van der Waals surface area (Å²) in [6.07, 6.45) is 1.77. The molecule has 21 heavy (non-hydrogen) atoms. The summed E-state index contributed by atoms with van der Waals surface area (Å²) in [7, 11) is 0. The van der Waals surface area contributed by atoms with Crippen LogP contribution in [0.15, 0.2) is 60.1 Å². The van der Waals surface area contributed by atoms with Crippen molar-refractivity contribution in [3.8, 4) is 10.6 Å². The number of thiazole rings is 1. The molecule has 3 rings (SSSR count). The van der Waals surface area contributed by atoms with E-state index < -0.39 is 0 Å². The average Bonchev–Trinajstić information content (AvgIpc) is 3.02. The monoisotopic (exact) mass is 406 g/mol. The highest BCUT2D eigenvalue weighted by molar-refractivity contribution is 14.1.